The van der Waals surface area contributed by atoms with Crippen LogP contribution >= 0.6 is 0 Å². The Morgan fingerprint density at radius 3 is 2.52 bits per heavy atom. The van der Waals surface area contributed by atoms with E-state index in [9.17, 15) is 14.7 Å². The SMILES string of the molecule is CCCN1C(=O)C(c2ccc(OCC)cc2)=C(N2CCCC(CO)C2)C1=O. The molecule has 0 spiro atoms. The smallest absolute Gasteiger partial charge is 0.277 e. The van der Waals surface area contributed by atoms with Gasteiger partial charge in [0.25, 0.3) is 11.8 Å². The van der Waals surface area contributed by atoms with Crippen LogP contribution in [0.3, 0.4) is 0 Å². The third kappa shape index (κ3) is 3.86. The van der Waals surface area contributed by atoms with Gasteiger partial charge in [-0.3, -0.25) is 14.5 Å². The number of rotatable bonds is 7. The molecule has 1 fully saturated rings. The Morgan fingerprint density at radius 1 is 1.15 bits per heavy atom. The molecule has 0 saturated carbocycles. The second-order valence-electron chi connectivity index (χ2n) is 7.08. The van der Waals surface area contributed by atoms with Gasteiger partial charge in [-0.1, -0.05) is 19.1 Å². The van der Waals surface area contributed by atoms with Crippen LogP contribution in [0.15, 0.2) is 30.0 Å². The maximum atomic E-state index is 13.1. The van der Waals surface area contributed by atoms with E-state index < -0.39 is 0 Å². The van der Waals surface area contributed by atoms with E-state index in [-0.39, 0.29) is 24.3 Å². The summed E-state index contributed by atoms with van der Waals surface area (Å²) in [7, 11) is 0. The van der Waals surface area contributed by atoms with E-state index in [2.05, 4.69) is 0 Å². The number of likely N-dealkylation sites (tertiary alicyclic amines) is 1. The molecule has 3 rings (SSSR count). The zero-order chi connectivity index (χ0) is 19.4. The Balaban J connectivity index is 2.00. The largest absolute Gasteiger partial charge is 0.494 e. The molecule has 2 aliphatic rings. The van der Waals surface area contributed by atoms with E-state index in [0.717, 1.165) is 37.1 Å². The molecule has 0 aromatic heterocycles. The summed E-state index contributed by atoms with van der Waals surface area (Å²) >= 11 is 0. The highest BCUT2D eigenvalue weighted by atomic mass is 16.5. The van der Waals surface area contributed by atoms with Crippen LogP contribution in [0.5, 0.6) is 5.75 Å². The summed E-state index contributed by atoms with van der Waals surface area (Å²) in [6, 6.07) is 7.34. The number of piperidine rings is 1. The van der Waals surface area contributed by atoms with E-state index in [1.807, 2.05) is 43.0 Å². The molecule has 6 heteroatoms. The average Bonchev–Trinajstić information content (AvgIpc) is 2.94. The molecule has 1 aromatic carbocycles. The molecule has 146 valence electrons. The molecule has 6 nitrogen and oxygen atoms in total. The van der Waals surface area contributed by atoms with Crippen molar-refractivity contribution in [2.45, 2.75) is 33.1 Å². The van der Waals surface area contributed by atoms with Crippen molar-refractivity contribution in [2.75, 3.05) is 32.8 Å². The topological polar surface area (TPSA) is 70.1 Å². The molecule has 1 saturated heterocycles. The summed E-state index contributed by atoms with van der Waals surface area (Å²) in [5, 5.41) is 9.55. The van der Waals surface area contributed by atoms with Gasteiger partial charge >= 0.3 is 0 Å². The lowest BCUT2D eigenvalue weighted by Crippen LogP contribution is -2.40. The number of ether oxygens (including phenoxy) is 1. The van der Waals surface area contributed by atoms with Crippen LogP contribution in [0.1, 0.15) is 38.7 Å². The summed E-state index contributed by atoms with van der Waals surface area (Å²) in [6.07, 6.45) is 2.57. The van der Waals surface area contributed by atoms with Crippen molar-refractivity contribution in [1.82, 2.24) is 9.80 Å². The maximum absolute atomic E-state index is 13.1. The molecule has 2 aliphatic heterocycles. The summed E-state index contributed by atoms with van der Waals surface area (Å²) in [5.74, 6) is 0.427. The van der Waals surface area contributed by atoms with Crippen molar-refractivity contribution in [3.8, 4) is 5.75 Å². The summed E-state index contributed by atoms with van der Waals surface area (Å²) in [4.78, 5) is 29.5. The van der Waals surface area contributed by atoms with Gasteiger partial charge in [-0.2, -0.15) is 0 Å². The first kappa shape index (κ1) is 19.4. The number of hydrogen-bond acceptors (Lipinski definition) is 5. The number of aliphatic hydroxyl groups excluding tert-OH is 1. The van der Waals surface area contributed by atoms with Crippen LogP contribution in [0, 0.1) is 5.92 Å². The van der Waals surface area contributed by atoms with Crippen LogP contribution < -0.4 is 4.74 Å². The van der Waals surface area contributed by atoms with Crippen molar-refractivity contribution < 1.29 is 19.4 Å². The monoisotopic (exact) mass is 372 g/mol. The first-order chi connectivity index (χ1) is 13.1. The highest BCUT2D eigenvalue weighted by Gasteiger charge is 2.41. The molecular weight excluding hydrogens is 344 g/mol. The van der Waals surface area contributed by atoms with E-state index in [1.165, 1.54) is 4.90 Å². The standard InChI is InChI=1S/C21H28N2O4/c1-3-11-23-20(25)18(16-7-9-17(10-8-16)27-4-2)19(21(23)26)22-12-5-6-15(13-22)14-24/h7-10,15,24H,3-6,11-14H2,1-2H3. The lowest BCUT2D eigenvalue weighted by molar-refractivity contribution is -0.137. The van der Waals surface area contributed by atoms with Crippen molar-refractivity contribution >= 4 is 17.4 Å². The summed E-state index contributed by atoms with van der Waals surface area (Å²) in [6.45, 7) is 6.30. The number of carbonyl (C=O) groups excluding carboxylic acids is 2. The number of carbonyl (C=O) groups is 2. The fourth-order valence-electron chi connectivity index (χ4n) is 3.85. The molecule has 2 amide bonds. The van der Waals surface area contributed by atoms with Crippen LogP contribution in [0.4, 0.5) is 0 Å². The van der Waals surface area contributed by atoms with Crippen molar-refractivity contribution in [1.29, 1.82) is 0 Å². The predicted molar refractivity (Wildman–Crippen MR) is 103 cm³/mol. The minimum atomic E-state index is -0.230. The molecular formula is C21H28N2O4. The minimum Gasteiger partial charge on any atom is -0.494 e. The van der Waals surface area contributed by atoms with Gasteiger partial charge in [-0.25, -0.2) is 0 Å². The van der Waals surface area contributed by atoms with E-state index in [4.69, 9.17) is 4.74 Å². The van der Waals surface area contributed by atoms with Gasteiger partial charge in [0, 0.05) is 26.2 Å². The summed E-state index contributed by atoms with van der Waals surface area (Å²) < 4.78 is 5.49. The van der Waals surface area contributed by atoms with Gasteiger partial charge in [0.05, 0.1) is 12.2 Å². The zero-order valence-electron chi connectivity index (χ0n) is 16.1. The Morgan fingerprint density at radius 2 is 1.89 bits per heavy atom. The molecule has 1 N–H and O–H groups in total. The van der Waals surface area contributed by atoms with Gasteiger partial charge in [-0.05, 0) is 49.8 Å². The molecule has 0 aliphatic carbocycles. The van der Waals surface area contributed by atoms with Crippen molar-refractivity contribution in [3.05, 3.63) is 35.5 Å². The average molecular weight is 372 g/mol. The first-order valence-corrected chi connectivity index (χ1v) is 9.80. The molecule has 1 atom stereocenters. The number of imide groups is 1. The Hall–Kier alpha value is -2.34. The van der Waals surface area contributed by atoms with Gasteiger partial charge in [0.15, 0.2) is 0 Å². The number of hydrogen-bond donors (Lipinski definition) is 1. The van der Waals surface area contributed by atoms with E-state index >= 15 is 0 Å². The number of nitrogens with zero attached hydrogens (tertiary/aromatic N) is 2. The van der Waals surface area contributed by atoms with Crippen LogP contribution in [0.25, 0.3) is 5.57 Å². The molecule has 1 unspecified atom stereocenters. The van der Waals surface area contributed by atoms with Gasteiger partial charge in [0.1, 0.15) is 11.4 Å². The van der Waals surface area contributed by atoms with Crippen LogP contribution in [-0.2, 0) is 9.59 Å². The molecule has 27 heavy (non-hydrogen) atoms. The van der Waals surface area contributed by atoms with Crippen molar-refractivity contribution in [2.24, 2.45) is 5.92 Å². The van der Waals surface area contributed by atoms with E-state index in [0.29, 0.717) is 31.0 Å². The number of aliphatic hydroxyl groups is 1. The highest BCUT2D eigenvalue weighted by Crippen LogP contribution is 2.34. The van der Waals surface area contributed by atoms with E-state index in [1.54, 1.807) is 0 Å². The Labute approximate surface area is 160 Å². The fourth-order valence-corrected chi connectivity index (χ4v) is 3.85. The lowest BCUT2D eigenvalue weighted by Gasteiger charge is -2.34. The third-order valence-corrected chi connectivity index (χ3v) is 5.14. The van der Waals surface area contributed by atoms with Gasteiger partial charge in [0.2, 0.25) is 0 Å². The Bertz CT molecular complexity index is 726. The predicted octanol–water partition coefficient (Wildman–Crippen LogP) is 2.28. The number of benzene rings is 1. The number of amides is 2. The lowest BCUT2D eigenvalue weighted by atomic mass is 9.97. The zero-order valence-corrected chi connectivity index (χ0v) is 16.1. The normalized spacial score (nSPS) is 20.6. The van der Waals surface area contributed by atoms with Gasteiger partial charge in [-0.15, -0.1) is 0 Å². The fraction of sp³-hybridized carbons (Fsp3) is 0.524. The third-order valence-electron chi connectivity index (χ3n) is 5.14. The Kier molecular flexibility index (Phi) is 6.16. The molecule has 1 aromatic rings. The highest BCUT2D eigenvalue weighted by molar-refractivity contribution is 6.35. The maximum Gasteiger partial charge on any atom is 0.277 e. The quantitative estimate of drug-likeness (QED) is 0.744. The van der Waals surface area contributed by atoms with Gasteiger partial charge < -0.3 is 14.7 Å². The first-order valence-electron chi connectivity index (χ1n) is 9.80. The molecule has 2 heterocycles. The summed E-state index contributed by atoms with van der Waals surface area (Å²) in [5.41, 5.74) is 1.68. The molecule has 0 radical (unpaired) electrons. The molecule has 0 bridgehead atoms. The van der Waals surface area contributed by atoms with Crippen LogP contribution in [-0.4, -0.2) is 59.6 Å². The second kappa shape index (κ2) is 8.57. The van der Waals surface area contributed by atoms with Crippen molar-refractivity contribution in [3.63, 3.8) is 0 Å². The van der Waals surface area contributed by atoms with Crippen LogP contribution in [0.2, 0.25) is 0 Å². The second-order valence-corrected chi connectivity index (χ2v) is 7.08. The minimum absolute atomic E-state index is 0.100.